The Labute approximate surface area is 253 Å². The molecular formula is C24H22N6O10S3. The number of nitrogens with two attached hydrogens (primary N) is 1. The number of thiazole rings is 1. The van der Waals surface area contributed by atoms with Crippen LogP contribution in [0, 0.1) is 0 Å². The fourth-order valence-electron chi connectivity index (χ4n) is 3.95. The normalized spacial score (nSPS) is 18.8. The highest BCUT2D eigenvalue weighted by molar-refractivity contribution is 8.01. The summed E-state index contributed by atoms with van der Waals surface area (Å²) in [5.74, 6) is -4.70. The number of thioether (sulfide) groups is 2. The zero-order valence-corrected chi connectivity index (χ0v) is 24.6. The lowest BCUT2D eigenvalue weighted by molar-refractivity contribution is -0.161. The maximum Gasteiger partial charge on any atom is 0.352 e. The Balaban J connectivity index is 1.32. The minimum absolute atomic E-state index is 0.00355. The van der Waals surface area contributed by atoms with Gasteiger partial charge in [0.15, 0.2) is 27.9 Å². The molecule has 19 heteroatoms. The number of oxime groups is 1. The number of benzene rings is 1. The van der Waals surface area contributed by atoms with Crippen molar-refractivity contribution in [3.05, 3.63) is 34.5 Å². The van der Waals surface area contributed by atoms with Crippen molar-refractivity contribution in [2.75, 3.05) is 17.2 Å². The van der Waals surface area contributed by atoms with E-state index < -0.39 is 46.5 Å². The Kier molecular flexibility index (Phi) is 7.88. The molecule has 4 heterocycles. The monoisotopic (exact) mass is 650 g/mol. The van der Waals surface area contributed by atoms with E-state index in [1.54, 1.807) is 0 Å². The molecule has 16 nitrogen and oxygen atoms in total. The third-order valence-electron chi connectivity index (χ3n) is 6.23. The van der Waals surface area contributed by atoms with Crippen LogP contribution in [0.2, 0.25) is 0 Å². The molecule has 2 amide bonds. The predicted molar refractivity (Wildman–Crippen MR) is 154 cm³/mol. The molecule has 3 aromatic rings. The minimum atomic E-state index is -1.79. The summed E-state index contributed by atoms with van der Waals surface area (Å²) in [6.07, 6.45) is 0. The number of aromatic nitrogens is 2. The lowest BCUT2D eigenvalue weighted by Gasteiger charge is -2.49. The lowest BCUT2D eigenvalue weighted by atomic mass is 10.0. The molecule has 1 fully saturated rings. The van der Waals surface area contributed by atoms with Crippen LogP contribution in [0.25, 0.3) is 11.1 Å². The summed E-state index contributed by atoms with van der Waals surface area (Å²) in [6.45, 7) is 2.46. The van der Waals surface area contributed by atoms with Crippen molar-refractivity contribution in [3.63, 3.8) is 0 Å². The first-order valence-electron chi connectivity index (χ1n) is 12.1. The van der Waals surface area contributed by atoms with Crippen molar-refractivity contribution in [2.45, 2.75) is 36.1 Å². The van der Waals surface area contributed by atoms with Crippen LogP contribution < -0.4 is 11.1 Å². The molecule has 2 aliphatic rings. The molecule has 0 bridgehead atoms. The number of nitrogens with zero attached hydrogens (tertiary/aromatic N) is 4. The van der Waals surface area contributed by atoms with Gasteiger partial charge in [-0.15, -0.1) is 23.1 Å². The third kappa shape index (κ3) is 5.77. The van der Waals surface area contributed by atoms with E-state index in [2.05, 4.69) is 20.4 Å². The number of phenols is 2. The summed E-state index contributed by atoms with van der Waals surface area (Å²) in [6, 6.07) is 1.32. The Hall–Kier alpha value is -4.49. The Bertz CT molecular complexity index is 1690. The average molecular weight is 651 g/mol. The SMILES string of the molecule is CC(C)(ON=C(C(=O)N[C@@H]1C(=O)N2C(C(=O)O)=C(CSc3nc4cc(O)c(O)cc4o3)CS[C@H]12)c1csc(N)n1)C(=O)O. The number of oxazole rings is 1. The molecule has 226 valence electrons. The number of hydrogen-bond donors (Lipinski definition) is 6. The van der Waals surface area contributed by atoms with Crippen molar-refractivity contribution >= 4 is 80.6 Å². The van der Waals surface area contributed by atoms with Crippen molar-refractivity contribution in [3.8, 4) is 11.5 Å². The first kappa shape index (κ1) is 30.0. The van der Waals surface area contributed by atoms with Gasteiger partial charge >= 0.3 is 11.9 Å². The number of nitrogens with one attached hydrogen (secondary N) is 1. The van der Waals surface area contributed by atoms with E-state index in [9.17, 15) is 39.6 Å². The molecule has 0 unspecified atom stereocenters. The van der Waals surface area contributed by atoms with Crippen molar-refractivity contribution in [1.29, 1.82) is 0 Å². The molecule has 5 rings (SSSR count). The molecule has 43 heavy (non-hydrogen) atoms. The van der Waals surface area contributed by atoms with Crippen LogP contribution in [-0.2, 0) is 24.0 Å². The zero-order chi connectivity index (χ0) is 31.2. The van der Waals surface area contributed by atoms with Crippen LogP contribution in [0.15, 0.2) is 43.6 Å². The number of fused-ring (bicyclic) bond motifs is 2. The van der Waals surface area contributed by atoms with Gasteiger partial charge < -0.3 is 40.7 Å². The number of β-lactam (4-membered cyclic amide) rings is 1. The fraction of sp³-hybridized carbons (Fsp3) is 0.292. The number of aliphatic carboxylic acids is 2. The number of phenolic OH excluding ortho intramolecular Hbond substituents is 2. The molecule has 0 saturated carbocycles. The highest BCUT2D eigenvalue weighted by Gasteiger charge is 2.54. The summed E-state index contributed by atoms with van der Waals surface area (Å²) in [4.78, 5) is 64.4. The number of carboxylic acids is 2. The van der Waals surface area contributed by atoms with Gasteiger partial charge in [0, 0.05) is 29.0 Å². The summed E-state index contributed by atoms with van der Waals surface area (Å²) >= 11 is 3.30. The van der Waals surface area contributed by atoms with E-state index in [1.807, 2.05) is 0 Å². The topological polar surface area (TPSA) is 251 Å². The molecule has 0 radical (unpaired) electrons. The summed E-state index contributed by atoms with van der Waals surface area (Å²) < 4.78 is 5.56. The number of hydrogen-bond acceptors (Lipinski definition) is 15. The quantitative estimate of drug-likeness (QED) is 0.0596. The van der Waals surface area contributed by atoms with Gasteiger partial charge in [0.1, 0.15) is 28.3 Å². The molecule has 2 aliphatic heterocycles. The fourth-order valence-corrected chi connectivity index (χ4v) is 6.82. The van der Waals surface area contributed by atoms with Crippen LogP contribution in [-0.4, -0.2) is 93.3 Å². The number of carbonyl (C=O) groups is 4. The Morgan fingerprint density at radius 3 is 2.63 bits per heavy atom. The minimum Gasteiger partial charge on any atom is -0.504 e. The number of aromatic hydroxyl groups is 2. The van der Waals surface area contributed by atoms with Gasteiger partial charge in [0.2, 0.25) is 5.60 Å². The first-order valence-corrected chi connectivity index (χ1v) is 15.1. The number of rotatable bonds is 10. The van der Waals surface area contributed by atoms with Crippen LogP contribution in [0.5, 0.6) is 11.5 Å². The van der Waals surface area contributed by atoms with E-state index in [-0.39, 0.29) is 50.3 Å². The Morgan fingerprint density at radius 2 is 1.98 bits per heavy atom. The average Bonchev–Trinajstić information content (AvgIpc) is 3.55. The van der Waals surface area contributed by atoms with Crippen molar-refractivity contribution in [1.82, 2.24) is 20.2 Å². The third-order valence-corrected chi connectivity index (χ3v) is 9.16. The molecule has 1 aromatic carbocycles. The summed E-state index contributed by atoms with van der Waals surface area (Å²) in [7, 11) is 0. The van der Waals surface area contributed by atoms with Crippen molar-refractivity contribution < 1.29 is 48.9 Å². The Morgan fingerprint density at radius 1 is 1.26 bits per heavy atom. The number of carbonyl (C=O) groups excluding carboxylic acids is 2. The van der Waals surface area contributed by atoms with Gasteiger partial charge in [0.25, 0.3) is 17.0 Å². The molecule has 1 saturated heterocycles. The molecule has 0 spiro atoms. The molecule has 0 aliphatic carbocycles. The lowest BCUT2D eigenvalue weighted by Crippen LogP contribution is -2.71. The first-order chi connectivity index (χ1) is 20.3. The van der Waals surface area contributed by atoms with Crippen molar-refractivity contribution in [2.24, 2.45) is 5.16 Å². The van der Waals surface area contributed by atoms with E-state index in [0.29, 0.717) is 11.1 Å². The number of anilines is 1. The highest BCUT2D eigenvalue weighted by atomic mass is 32.2. The number of nitrogen functional groups attached to an aromatic ring is 1. The second kappa shape index (κ2) is 11.3. The van der Waals surface area contributed by atoms with E-state index in [4.69, 9.17) is 15.0 Å². The van der Waals surface area contributed by atoms with E-state index >= 15 is 0 Å². The summed E-state index contributed by atoms with van der Waals surface area (Å²) in [5.41, 5.74) is 4.16. The van der Waals surface area contributed by atoms with Crippen LogP contribution in [0.1, 0.15) is 19.5 Å². The van der Waals surface area contributed by atoms with E-state index in [0.717, 1.165) is 28.0 Å². The van der Waals surface area contributed by atoms with Gasteiger partial charge in [-0.05, 0) is 19.4 Å². The van der Waals surface area contributed by atoms with Crippen LogP contribution in [0.4, 0.5) is 5.13 Å². The van der Waals surface area contributed by atoms with Gasteiger partial charge in [-0.1, -0.05) is 16.9 Å². The molecular weight excluding hydrogens is 628 g/mol. The number of carboxylic acid groups (broad SMARTS) is 2. The van der Waals surface area contributed by atoms with Gasteiger partial charge in [0.05, 0.1) is 0 Å². The smallest absolute Gasteiger partial charge is 0.352 e. The zero-order valence-electron chi connectivity index (χ0n) is 22.1. The van der Waals surface area contributed by atoms with E-state index in [1.165, 1.54) is 43.1 Å². The van der Waals surface area contributed by atoms with Crippen LogP contribution >= 0.6 is 34.9 Å². The summed E-state index contributed by atoms with van der Waals surface area (Å²) in [5, 5.41) is 45.8. The van der Waals surface area contributed by atoms with Crippen LogP contribution in [0.3, 0.4) is 0 Å². The maximum absolute atomic E-state index is 13.2. The second-order valence-electron chi connectivity index (χ2n) is 9.61. The standard InChI is InChI=1S/C24H22N6O10S3/c1-24(2,21(37)38)40-29-14(10-7-42-22(25)26-10)17(33)28-15-18(34)30-16(20(35)36)8(5-41-19(15)30)6-43-23-27-9-3-11(31)12(32)4-13(9)39-23/h3-4,7,15,19,31-32H,5-6H2,1-2H3,(H2,25,26)(H,28,33)(H,35,36)(H,37,38)/t15-,19-/m1/s1. The maximum atomic E-state index is 13.2. The van der Waals surface area contributed by atoms with Gasteiger partial charge in [-0.25, -0.2) is 19.6 Å². The second-order valence-corrected chi connectivity index (χ2v) is 12.5. The van der Waals surface area contributed by atoms with Gasteiger partial charge in [-0.2, -0.15) is 0 Å². The predicted octanol–water partition coefficient (Wildman–Crippen LogP) is 1.39. The molecule has 2 atom stereocenters. The van der Waals surface area contributed by atoms with Gasteiger partial charge in [-0.3, -0.25) is 14.5 Å². The molecule has 7 N–H and O–H groups in total. The highest BCUT2D eigenvalue weighted by Crippen LogP contribution is 2.42. The largest absolute Gasteiger partial charge is 0.504 e. The number of amides is 2. The molecule has 2 aromatic heterocycles.